The molecule has 0 aromatic heterocycles. The molecule has 3 aliphatic carbocycles. The van der Waals surface area contributed by atoms with E-state index >= 15 is 4.39 Å². The summed E-state index contributed by atoms with van der Waals surface area (Å²) in [6.45, 7) is 5.31. The first-order valence-corrected chi connectivity index (χ1v) is 14.1. The van der Waals surface area contributed by atoms with Crippen LogP contribution in [0.2, 0.25) is 0 Å². The Balaban J connectivity index is 1.50. The molecule has 1 spiro atoms. The summed E-state index contributed by atoms with van der Waals surface area (Å²) in [4.78, 5) is 0. The lowest BCUT2D eigenvalue weighted by atomic mass is 9.84. The van der Waals surface area contributed by atoms with Crippen LogP contribution in [0.5, 0.6) is 0 Å². The van der Waals surface area contributed by atoms with Crippen molar-refractivity contribution in [1.29, 1.82) is 0 Å². The SMILES string of the molecule is C=C(N[C@H](C)CF)C1CC2(CC2)[C@H](NS(=O)(=O)C2(F)CC2)[C@@H]1Cc1cccc(-c2ccccc2)c1F. The van der Waals surface area contributed by atoms with Gasteiger partial charge in [-0.15, -0.1) is 0 Å². The molecule has 3 saturated carbocycles. The zero-order valence-corrected chi connectivity index (χ0v) is 21.3. The molecule has 3 aliphatic rings. The van der Waals surface area contributed by atoms with Crippen molar-refractivity contribution < 1.29 is 21.6 Å². The average molecular weight is 519 g/mol. The first-order chi connectivity index (χ1) is 17.1. The number of nitrogens with one attached hydrogen (secondary N) is 2. The van der Waals surface area contributed by atoms with Gasteiger partial charge in [0.2, 0.25) is 15.0 Å². The van der Waals surface area contributed by atoms with Crippen molar-refractivity contribution in [3.8, 4) is 11.1 Å². The summed E-state index contributed by atoms with van der Waals surface area (Å²) in [5.74, 6) is -0.902. The third-order valence-electron chi connectivity index (χ3n) is 8.26. The van der Waals surface area contributed by atoms with E-state index in [2.05, 4.69) is 16.6 Å². The Morgan fingerprint density at radius 2 is 1.81 bits per heavy atom. The molecule has 3 fully saturated rings. The summed E-state index contributed by atoms with van der Waals surface area (Å²) < 4.78 is 72.4. The Hall–Kier alpha value is -2.32. The lowest BCUT2D eigenvalue weighted by Crippen LogP contribution is -2.47. The molecule has 4 nitrogen and oxygen atoms in total. The van der Waals surface area contributed by atoms with E-state index in [1.54, 1.807) is 25.1 Å². The lowest BCUT2D eigenvalue weighted by Gasteiger charge is -2.30. The van der Waals surface area contributed by atoms with Crippen LogP contribution in [0.25, 0.3) is 11.1 Å². The van der Waals surface area contributed by atoms with Crippen LogP contribution in [-0.2, 0) is 16.4 Å². The molecule has 194 valence electrons. The minimum absolute atomic E-state index is 0.00776. The molecule has 2 aromatic rings. The van der Waals surface area contributed by atoms with Gasteiger partial charge in [0.15, 0.2) is 0 Å². The van der Waals surface area contributed by atoms with Gasteiger partial charge in [0.05, 0.1) is 6.04 Å². The highest BCUT2D eigenvalue weighted by molar-refractivity contribution is 7.91. The maximum Gasteiger partial charge on any atom is 0.247 e. The molecule has 36 heavy (non-hydrogen) atoms. The predicted molar refractivity (Wildman–Crippen MR) is 135 cm³/mol. The molecule has 0 aliphatic heterocycles. The Bertz CT molecular complexity index is 1240. The number of alkyl halides is 2. The fourth-order valence-corrected chi connectivity index (χ4v) is 7.48. The standard InChI is InChI=1S/C28H33F3N2O2S/c1-18(17-29)32-19(2)24-16-27(11-12-27)26(33-36(34,35)28(31)13-14-28)23(24)15-21-9-6-10-22(25(21)30)20-7-4-3-5-8-20/h3-10,18,23-24,26,32-33H,2,11-17H2,1H3/t18-,23-,24?,26-/m1/s1. The van der Waals surface area contributed by atoms with Gasteiger partial charge in [0, 0.05) is 36.1 Å². The van der Waals surface area contributed by atoms with E-state index in [9.17, 15) is 17.2 Å². The highest BCUT2D eigenvalue weighted by Gasteiger charge is 2.64. The molecule has 8 heteroatoms. The summed E-state index contributed by atoms with van der Waals surface area (Å²) in [6.07, 6.45) is 2.51. The molecule has 0 heterocycles. The molecule has 4 atom stereocenters. The topological polar surface area (TPSA) is 58.2 Å². The van der Waals surface area contributed by atoms with Gasteiger partial charge in [-0.25, -0.2) is 26.3 Å². The van der Waals surface area contributed by atoms with Crippen molar-refractivity contribution in [2.75, 3.05) is 6.67 Å². The summed E-state index contributed by atoms with van der Waals surface area (Å²) >= 11 is 0. The van der Waals surface area contributed by atoms with Gasteiger partial charge in [0.25, 0.3) is 0 Å². The quantitative estimate of drug-likeness (QED) is 0.427. The van der Waals surface area contributed by atoms with Gasteiger partial charge in [-0.05, 0) is 55.1 Å². The zero-order valence-electron chi connectivity index (χ0n) is 20.4. The average Bonchev–Trinajstić information content (AvgIpc) is 3.78. The van der Waals surface area contributed by atoms with E-state index in [0.29, 0.717) is 23.2 Å². The van der Waals surface area contributed by atoms with E-state index in [4.69, 9.17) is 0 Å². The van der Waals surface area contributed by atoms with Crippen LogP contribution in [0.4, 0.5) is 13.2 Å². The molecule has 0 saturated heterocycles. The highest BCUT2D eigenvalue weighted by atomic mass is 32.2. The summed E-state index contributed by atoms with van der Waals surface area (Å²) in [5, 5.41) is 0.896. The Morgan fingerprint density at radius 3 is 2.42 bits per heavy atom. The van der Waals surface area contributed by atoms with Crippen LogP contribution in [-0.4, -0.2) is 32.2 Å². The fraction of sp³-hybridized carbons (Fsp3) is 0.500. The maximum atomic E-state index is 15.8. The van der Waals surface area contributed by atoms with E-state index in [-0.39, 0.29) is 42.3 Å². The smallest absolute Gasteiger partial charge is 0.247 e. The van der Waals surface area contributed by atoms with Gasteiger partial charge in [-0.1, -0.05) is 55.1 Å². The normalized spacial score (nSPS) is 26.5. The number of benzene rings is 2. The lowest BCUT2D eigenvalue weighted by molar-refractivity contribution is 0.320. The maximum absolute atomic E-state index is 15.8. The Morgan fingerprint density at radius 1 is 1.11 bits per heavy atom. The highest BCUT2D eigenvalue weighted by Crippen LogP contribution is 2.63. The van der Waals surface area contributed by atoms with E-state index in [1.807, 2.05) is 30.3 Å². The molecule has 0 amide bonds. The third-order valence-corrected chi connectivity index (χ3v) is 10.2. The van der Waals surface area contributed by atoms with Crippen molar-refractivity contribution in [3.05, 3.63) is 72.2 Å². The van der Waals surface area contributed by atoms with Gasteiger partial charge >= 0.3 is 0 Å². The first kappa shape index (κ1) is 25.3. The van der Waals surface area contributed by atoms with Crippen molar-refractivity contribution >= 4 is 10.0 Å². The van der Waals surface area contributed by atoms with Crippen molar-refractivity contribution in [3.63, 3.8) is 0 Å². The molecule has 0 bridgehead atoms. The molecular weight excluding hydrogens is 485 g/mol. The number of halogens is 3. The summed E-state index contributed by atoms with van der Waals surface area (Å²) in [5.41, 5.74) is 2.02. The molecular formula is C28H33F3N2O2S. The van der Waals surface area contributed by atoms with E-state index < -0.39 is 33.8 Å². The van der Waals surface area contributed by atoms with Crippen LogP contribution < -0.4 is 10.0 Å². The number of hydrogen-bond donors (Lipinski definition) is 2. The Kier molecular flexibility index (Phi) is 6.48. The number of hydrogen-bond acceptors (Lipinski definition) is 3. The third kappa shape index (κ3) is 4.58. The van der Waals surface area contributed by atoms with E-state index in [1.165, 1.54) is 0 Å². The second kappa shape index (κ2) is 9.21. The monoisotopic (exact) mass is 518 g/mol. The van der Waals surface area contributed by atoms with Crippen LogP contribution in [0, 0.1) is 23.1 Å². The first-order valence-electron chi connectivity index (χ1n) is 12.6. The Labute approximate surface area is 211 Å². The number of allylic oxidation sites excluding steroid dienone is 1. The van der Waals surface area contributed by atoms with E-state index in [0.717, 1.165) is 18.4 Å². The molecule has 0 radical (unpaired) electrons. The van der Waals surface area contributed by atoms with Gasteiger partial charge in [-0.3, -0.25) is 0 Å². The van der Waals surface area contributed by atoms with Gasteiger partial charge in [-0.2, -0.15) is 0 Å². The predicted octanol–water partition coefficient (Wildman–Crippen LogP) is 5.66. The molecule has 2 N–H and O–H groups in total. The van der Waals surface area contributed by atoms with Crippen LogP contribution in [0.1, 0.15) is 44.6 Å². The minimum Gasteiger partial charge on any atom is -0.383 e. The van der Waals surface area contributed by atoms with Crippen LogP contribution in [0.3, 0.4) is 0 Å². The van der Waals surface area contributed by atoms with Crippen molar-refractivity contribution in [2.45, 2.75) is 62.5 Å². The van der Waals surface area contributed by atoms with Gasteiger partial charge in [0.1, 0.15) is 12.5 Å². The molecule has 1 unspecified atom stereocenters. The number of sulfonamides is 1. The number of rotatable bonds is 10. The summed E-state index contributed by atoms with van der Waals surface area (Å²) in [7, 11) is -4.18. The molecule has 2 aromatic carbocycles. The minimum atomic E-state index is -4.18. The second-order valence-corrected chi connectivity index (χ2v) is 12.9. The van der Waals surface area contributed by atoms with Crippen molar-refractivity contribution in [1.82, 2.24) is 10.0 Å². The van der Waals surface area contributed by atoms with Crippen molar-refractivity contribution in [2.24, 2.45) is 17.3 Å². The second-order valence-electron chi connectivity index (χ2n) is 10.9. The summed E-state index contributed by atoms with van der Waals surface area (Å²) in [6, 6.07) is 13.5. The van der Waals surface area contributed by atoms with Crippen LogP contribution >= 0.6 is 0 Å². The fourth-order valence-electron chi connectivity index (χ4n) is 5.87. The van der Waals surface area contributed by atoms with Gasteiger partial charge < -0.3 is 5.32 Å². The van der Waals surface area contributed by atoms with Crippen LogP contribution in [0.15, 0.2) is 60.8 Å². The zero-order chi connectivity index (χ0) is 25.7. The molecule has 5 rings (SSSR count). The largest absolute Gasteiger partial charge is 0.383 e.